The van der Waals surface area contributed by atoms with E-state index in [-0.39, 0.29) is 29.7 Å². The maximum atomic E-state index is 14.9. The molecule has 0 bridgehead atoms. The van der Waals surface area contributed by atoms with E-state index in [0.29, 0.717) is 36.6 Å². The van der Waals surface area contributed by atoms with E-state index in [1.165, 1.54) is 23.1 Å². The van der Waals surface area contributed by atoms with Gasteiger partial charge in [0.05, 0.1) is 26.2 Å². The topological polar surface area (TPSA) is 114 Å². The lowest BCUT2D eigenvalue weighted by molar-refractivity contribution is -0.145. The van der Waals surface area contributed by atoms with Gasteiger partial charge in [-0.2, -0.15) is 0 Å². The Morgan fingerprint density at radius 3 is 2.31 bits per heavy atom. The standard InChI is InChI=1S/C42H54N2O7/c1-27-17-18-30(22-28(27)2)19-20-35(32-14-11-15-34(24-32)51-26-38(45)46)43-41(47)36-16-9-10-21-44(36)42(48)39(31-12-7-6-8-13-31)33-23-29(3)40(50-5)37(25-33)49-4/h11,14-15,17-18,22-25,31,35-36,39H,6-10,12-13,16,19-21,26H2,1-5H3,(H,43,47)(H,45,46)/t35-,36+,39+/m1/s1. The predicted molar refractivity (Wildman–Crippen MR) is 198 cm³/mol. The predicted octanol–water partition coefficient (Wildman–Crippen LogP) is 7.63. The van der Waals surface area contributed by atoms with Crippen LogP contribution in [-0.2, 0) is 20.8 Å². The van der Waals surface area contributed by atoms with Crippen LogP contribution in [0.3, 0.4) is 0 Å². The van der Waals surface area contributed by atoms with Crippen LogP contribution in [0.25, 0.3) is 0 Å². The number of carbonyl (C=O) groups excluding carboxylic acids is 2. The van der Waals surface area contributed by atoms with Crippen molar-refractivity contribution in [3.05, 3.63) is 88.0 Å². The van der Waals surface area contributed by atoms with Crippen molar-refractivity contribution < 1.29 is 33.7 Å². The van der Waals surface area contributed by atoms with E-state index >= 15 is 0 Å². The molecule has 1 saturated carbocycles. The molecule has 2 amide bonds. The minimum atomic E-state index is -1.06. The Hall–Kier alpha value is -4.53. The number of hydrogen-bond donors (Lipinski definition) is 2. The van der Waals surface area contributed by atoms with Gasteiger partial charge in [-0.3, -0.25) is 9.59 Å². The average Bonchev–Trinajstić information content (AvgIpc) is 3.14. The summed E-state index contributed by atoms with van der Waals surface area (Å²) in [6.45, 7) is 6.24. The van der Waals surface area contributed by atoms with E-state index in [0.717, 1.165) is 61.6 Å². The van der Waals surface area contributed by atoms with E-state index in [1.54, 1.807) is 26.4 Å². The third-order valence-corrected chi connectivity index (χ3v) is 10.8. The first-order valence-electron chi connectivity index (χ1n) is 18.4. The van der Waals surface area contributed by atoms with Crippen LogP contribution in [0.15, 0.2) is 54.6 Å². The molecule has 1 aliphatic heterocycles. The molecule has 3 atom stereocenters. The number of aliphatic carboxylic acids is 1. The zero-order valence-electron chi connectivity index (χ0n) is 30.8. The molecule has 1 heterocycles. The fourth-order valence-electron chi connectivity index (χ4n) is 7.92. The van der Waals surface area contributed by atoms with Crippen molar-refractivity contribution in [3.63, 3.8) is 0 Å². The quantitative estimate of drug-likeness (QED) is 0.178. The van der Waals surface area contributed by atoms with Crippen LogP contribution in [0.2, 0.25) is 0 Å². The zero-order valence-corrected chi connectivity index (χ0v) is 30.8. The largest absolute Gasteiger partial charge is 0.493 e. The Labute approximate surface area is 302 Å². The highest BCUT2D eigenvalue weighted by Crippen LogP contribution is 2.42. The SMILES string of the molecule is COc1cc([C@@H](C(=O)N2CCCC[C@H]2C(=O)N[C@H](CCc2ccc(C)c(C)c2)c2cccc(OCC(=O)O)c2)C2CCCCC2)cc(C)c1OC. The molecule has 9 nitrogen and oxygen atoms in total. The molecule has 1 saturated heterocycles. The van der Waals surface area contributed by atoms with Gasteiger partial charge in [0.25, 0.3) is 0 Å². The molecule has 9 heteroatoms. The Morgan fingerprint density at radius 2 is 1.61 bits per heavy atom. The Kier molecular flexibility index (Phi) is 13.0. The average molecular weight is 699 g/mol. The first-order valence-corrected chi connectivity index (χ1v) is 18.4. The highest BCUT2D eigenvalue weighted by Gasteiger charge is 2.40. The summed E-state index contributed by atoms with van der Waals surface area (Å²) in [5.41, 5.74) is 6.26. The highest BCUT2D eigenvalue weighted by molar-refractivity contribution is 5.91. The fourth-order valence-corrected chi connectivity index (χ4v) is 7.92. The van der Waals surface area contributed by atoms with Crippen molar-refractivity contribution in [1.29, 1.82) is 0 Å². The molecule has 2 N–H and O–H groups in total. The Bertz CT molecular complexity index is 1680. The van der Waals surface area contributed by atoms with Crippen molar-refractivity contribution in [2.24, 2.45) is 5.92 Å². The number of amides is 2. The van der Waals surface area contributed by atoms with E-state index in [2.05, 4.69) is 43.4 Å². The minimum absolute atomic E-state index is 0.00381. The molecule has 5 rings (SSSR count). The third kappa shape index (κ3) is 9.43. The van der Waals surface area contributed by atoms with E-state index in [9.17, 15) is 19.5 Å². The second-order valence-corrected chi connectivity index (χ2v) is 14.3. The van der Waals surface area contributed by atoms with Gasteiger partial charge in [-0.1, -0.05) is 55.7 Å². The first kappa shape index (κ1) is 37.7. The normalized spacial score (nSPS) is 17.7. The maximum absolute atomic E-state index is 14.9. The second-order valence-electron chi connectivity index (χ2n) is 14.3. The number of aryl methyl sites for hydroxylation is 4. The summed E-state index contributed by atoms with van der Waals surface area (Å²) in [6, 6.07) is 16.7. The number of nitrogens with one attached hydrogen (secondary N) is 1. The lowest BCUT2D eigenvalue weighted by atomic mass is 9.75. The van der Waals surface area contributed by atoms with Gasteiger partial charge < -0.3 is 29.5 Å². The Morgan fingerprint density at radius 1 is 0.843 bits per heavy atom. The summed E-state index contributed by atoms with van der Waals surface area (Å²) in [6.07, 6.45) is 8.91. The molecular weight excluding hydrogens is 644 g/mol. The molecule has 274 valence electrons. The summed E-state index contributed by atoms with van der Waals surface area (Å²) >= 11 is 0. The number of carboxylic acid groups (broad SMARTS) is 1. The van der Waals surface area contributed by atoms with E-state index in [1.807, 2.05) is 30.0 Å². The number of piperidine rings is 1. The molecule has 2 aliphatic rings. The van der Waals surface area contributed by atoms with Crippen LogP contribution >= 0.6 is 0 Å². The molecule has 3 aromatic rings. The molecule has 0 aromatic heterocycles. The van der Waals surface area contributed by atoms with Gasteiger partial charge in [0.1, 0.15) is 11.8 Å². The summed E-state index contributed by atoms with van der Waals surface area (Å²) in [4.78, 5) is 42.4. The molecule has 51 heavy (non-hydrogen) atoms. The van der Waals surface area contributed by atoms with Gasteiger partial charge in [0, 0.05) is 6.54 Å². The number of methoxy groups -OCH3 is 2. The summed E-state index contributed by atoms with van der Waals surface area (Å²) in [5.74, 6) is 0.257. The molecule has 2 fully saturated rings. The third-order valence-electron chi connectivity index (χ3n) is 10.8. The van der Waals surface area contributed by atoms with E-state index < -0.39 is 18.6 Å². The summed E-state index contributed by atoms with van der Waals surface area (Å²) in [7, 11) is 3.24. The summed E-state index contributed by atoms with van der Waals surface area (Å²) in [5, 5.41) is 12.5. The maximum Gasteiger partial charge on any atom is 0.341 e. The molecular formula is C42H54N2O7. The van der Waals surface area contributed by atoms with Crippen LogP contribution in [0, 0.1) is 26.7 Å². The lowest BCUT2D eigenvalue weighted by Crippen LogP contribution is -2.54. The molecule has 0 radical (unpaired) electrons. The number of likely N-dealkylation sites (tertiary alicyclic amines) is 1. The van der Waals surface area contributed by atoms with Crippen molar-refractivity contribution in [3.8, 4) is 17.2 Å². The number of rotatable bonds is 14. The van der Waals surface area contributed by atoms with Crippen molar-refractivity contribution in [1.82, 2.24) is 10.2 Å². The van der Waals surface area contributed by atoms with Gasteiger partial charge in [0.15, 0.2) is 18.1 Å². The lowest BCUT2D eigenvalue weighted by Gasteiger charge is -2.40. The monoisotopic (exact) mass is 698 g/mol. The first-order chi connectivity index (χ1) is 24.6. The number of carboxylic acids is 1. The van der Waals surface area contributed by atoms with E-state index in [4.69, 9.17) is 14.2 Å². The van der Waals surface area contributed by atoms with Crippen molar-refractivity contribution in [2.75, 3.05) is 27.4 Å². The molecule has 1 aliphatic carbocycles. The van der Waals surface area contributed by atoms with Crippen LogP contribution < -0.4 is 19.5 Å². The number of hydrogen-bond acceptors (Lipinski definition) is 6. The molecule has 3 aromatic carbocycles. The van der Waals surface area contributed by atoms with Crippen LogP contribution in [0.5, 0.6) is 17.2 Å². The number of carbonyl (C=O) groups is 3. The highest BCUT2D eigenvalue weighted by atomic mass is 16.5. The fraction of sp³-hybridized carbons (Fsp3) is 0.500. The number of benzene rings is 3. The summed E-state index contributed by atoms with van der Waals surface area (Å²) < 4.78 is 16.8. The number of nitrogens with zero attached hydrogens (tertiary/aromatic N) is 1. The second kappa shape index (κ2) is 17.6. The van der Waals surface area contributed by atoms with Crippen molar-refractivity contribution in [2.45, 2.75) is 103 Å². The van der Waals surface area contributed by atoms with Crippen molar-refractivity contribution >= 4 is 17.8 Å². The van der Waals surface area contributed by atoms with Gasteiger partial charge in [-0.05, 0) is 123 Å². The molecule has 0 spiro atoms. The van der Waals surface area contributed by atoms with Crippen LogP contribution in [-0.4, -0.2) is 61.2 Å². The van der Waals surface area contributed by atoms with Crippen LogP contribution in [0.4, 0.5) is 0 Å². The van der Waals surface area contributed by atoms with Gasteiger partial charge in [-0.15, -0.1) is 0 Å². The van der Waals surface area contributed by atoms with Gasteiger partial charge in [-0.25, -0.2) is 4.79 Å². The van der Waals surface area contributed by atoms with Gasteiger partial charge in [0.2, 0.25) is 11.8 Å². The zero-order chi connectivity index (χ0) is 36.5. The smallest absolute Gasteiger partial charge is 0.341 e. The van der Waals surface area contributed by atoms with Crippen LogP contribution in [0.1, 0.15) is 103 Å². The minimum Gasteiger partial charge on any atom is -0.493 e. The van der Waals surface area contributed by atoms with Gasteiger partial charge >= 0.3 is 5.97 Å². The Balaban J connectivity index is 1.44. The number of ether oxygens (including phenoxy) is 3. The molecule has 0 unspecified atom stereocenters.